The smallest absolute Gasteiger partial charge is 0.263 e. The Kier molecular flexibility index (Phi) is 5.96. The lowest BCUT2D eigenvalue weighted by Gasteiger charge is -2.13. The summed E-state index contributed by atoms with van der Waals surface area (Å²) in [7, 11) is -3.97. The van der Waals surface area contributed by atoms with Crippen LogP contribution >= 0.6 is 11.6 Å². The first-order valence-corrected chi connectivity index (χ1v) is 10.8. The number of aryl methyl sites for hydroxylation is 3. The molecule has 0 bridgehead atoms. The van der Waals surface area contributed by atoms with Crippen molar-refractivity contribution in [1.29, 1.82) is 0 Å². The van der Waals surface area contributed by atoms with Crippen LogP contribution in [0.3, 0.4) is 0 Å². The Morgan fingerprint density at radius 1 is 0.862 bits per heavy atom. The van der Waals surface area contributed by atoms with E-state index < -0.39 is 15.9 Å². The first kappa shape index (κ1) is 20.9. The van der Waals surface area contributed by atoms with Crippen LogP contribution in [0.15, 0.2) is 65.6 Å². The second-order valence-corrected chi connectivity index (χ2v) is 8.90. The van der Waals surface area contributed by atoms with E-state index in [0.29, 0.717) is 11.4 Å². The van der Waals surface area contributed by atoms with Crippen molar-refractivity contribution < 1.29 is 13.2 Å². The van der Waals surface area contributed by atoms with Crippen LogP contribution in [0.4, 0.5) is 11.4 Å². The van der Waals surface area contributed by atoms with Gasteiger partial charge < -0.3 is 5.32 Å². The third kappa shape index (κ3) is 4.78. The fraction of sp³-hybridized carbons (Fsp3) is 0.136. The van der Waals surface area contributed by atoms with Crippen LogP contribution in [0, 0.1) is 20.8 Å². The molecule has 0 aliphatic carbocycles. The van der Waals surface area contributed by atoms with Crippen molar-refractivity contribution in [2.45, 2.75) is 25.7 Å². The van der Waals surface area contributed by atoms with Crippen molar-refractivity contribution in [3.63, 3.8) is 0 Å². The number of benzene rings is 3. The summed E-state index contributed by atoms with van der Waals surface area (Å²) in [6, 6.07) is 16.9. The standard InChI is InChI=1S/C22H21ClN2O3S/c1-14-8-11-19(16(3)12-14)24-22(26)17-9-10-18(23)21(13-17)29(27,28)25-20-7-5-4-6-15(20)2/h4-13,25H,1-3H3,(H,24,26). The molecule has 3 aromatic rings. The van der Waals surface area contributed by atoms with Crippen molar-refractivity contribution in [3.8, 4) is 0 Å². The van der Waals surface area contributed by atoms with Gasteiger partial charge in [0.15, 0.2) is 0 Å². The highest BCUT2D eigenvalue weighted by Gasteiger charge is 2.21. The molecule has 3 aromatic carbocycles. The van der Waals surface area contributed by atoms with Gasteiger partial charge >= 0.3 is 0 Å². The molecule has 7 heteroatoms. The lowest BCUT2D eigenvalue weighted by atomic mass is 10.1. The van der Waals surface area contributed by atoms with Gasteiger partial charge in [-0.05, 0) is 62.2 Å². The van der Waals surface area contributed by atoms with Crippen molar-refractivity contribution in [2.24, 2.45) is 0 Å². The second-order valence-electron chi connectivity index (χ2n) is 6.84. The molecule has 0 aliphatic rings. The molecule has 0 radical (unpaired) electrons. The summed E-state index contributed by atoms with van der Waals surface area (Å²) in [5, 5.41) is 2.85. The summed E-state index contributed by atoms with van der Waals surface area (Å²) in [5.74, 6) is -0.416. The number of hydrogen-bond donors (Lipinski definition) is 2. The van der Waals surface area contributed by atoms with Gasteiger partial charge in [-0.15, -0.1) is 0 Å². The number of para-hydroxylation sites is 1. The lowest BCUT2D eigenvalue weighted by molar-refractivity contribution is 0.102. The lowest BCUT2D eigenvalue weighted by Crippen LogP contribution is -2.17. The number of halogens is 1. The van der Waals surface area contributed by atoms with Crippen LogP contribution in [0.1, 0.15) is 27.0 Å². The van der Waals surface area contributed by atoms with Gasteiger partial charge in [-0.1, -0.05) is 47.5 Å². The van der Waals surface area contributed by atoms with E-state index in [1.54, 1.807) is 25.1 Å². The topological polar surface area (TPSA) is 75.3 Å². The highest BCUT2D eigenvalue weighted by atomic mass is 35.5. The fourth-order valence-electron chi connectivity index (χ4n) is 2.89. The maximum Gasteiger partial charge on any atom is 0.263 e. The predicted molar refractivity (Wildman–Crippen MR) is 117 cm³/mol. The van der Waals surface area contributed by atoms with Gasteiger partial charge in [0.2, 0.25) is 0 Å². The highest BCUT2D eigenvalue weighted by Crippen LogP contribution is 2.27. The number of hydrogen-bond acceptors (Lipinski definition) is 3. The quantitative estimate of drug-likeness (QED) is 0.577. The van der Waals surface area contributed by atoms with Gasteiger partial charge in [-0.2, -0.15) is 0 Å². The minimum Gasteiger partial charge on any atom is -0.322 e. The SMILES string of the molecule is Cc1ccc(NC(=O)c2ccc(Cl)c(S(=O)(=O)Nc3ccccc3C)c2)c(C)c1. The van der Waals surface area contributed by atoms with Gasteiger partial charge in [0.05, 0.1) is 10.7 Å². The molecule has 1 amide bonds. The van der Waals surface area contributed by atoms with Crippen molar-refractivity contribution in [1.82, 2.24) is 0 Å². The summed E-state index contributed by atoms with van der Waals surface area (Å²) >= 11 is 6.14. The van der Waals surface area contributed by atoms with E-state index in [-0.39, 0.29) is 15.5 Å². The molecule has 0 aliphatic heterocycles. The van der Waals surface area contributed by atoms with Crippen LogP contribution < -0.4 is 10.0 Å². The van der Waals surface area contributed by atoms with E-state index in [9.17, 15) is 13.2 Å². The average Bonchev–Trinajstić information content (AvgIpc) is 2.66. The molecular weight excluding hydrogens is 408 g/mol. The second kappa shape index (κ2) is 8.27. The van der Waals surface area contributed by atoms with E-state index in [0.717, 1.165) is 16.7 Å². The molecule has 0 saturated carbocycles. The minimum absolute atomic E-state index is 0.0363. The molecule has 3 rings (SSSR count). The molecule has 0 fully saturated rings. The number of carbonyl (C=O) groups excluding carboxylic acids is 1. The normalized spacial score (nSPS) is 11.2. The first-order valence-electron chi connectivity index (χ1n) is 8.94. The summed E-state index contributed by atoms with van der Waals surface area (Å²) in [6.45, 7) is 5.66. The van der Waals surface area contributed by atoms with Gasteiger partial charge in [-0.25, -0.2) is 8.42 Å². The maximum absolute atomic E-state index is 12.9. The Hall–Kier alpha value is -2.83. The third-order valence-electron chi connectivity index (χ3n) is 4.50. The summed E-state index contributed by atoms with van der Waals surface area (Å²) in [4.78, 5) is 12.5. The van der Waals surface area contributed by atoms with E-state index >= 15 is 0 Å². The fourth-order valence-corrected chi connectivity index (χ4v) is 4.54. The Morgan fingerprint density at radius 3 is 2.28 bits per heavy atom. The van der Waals surface area contributed by atoms with E-state index in [2.05, 4.69) is 10.0 Å². The van der Waals surface area contributed by atoms with Gasteiger partial charge in [-0.3, -0.25) is 9.52 Å². The molecular formula is C22H21ClN2O3S. The Bertz CT molecular complexity index is 1190. The average molecular weight is 429 g/mol. The molecule has 0 saturated heterocycles. The van der Waals surface area contributed by atoms with Crippen LogP contribution in [0.2, 0.25) is 5.02 Å². The van der Waals surface area contributed by atoms with Crippen LogP contribution in [-0.2, 0) is 10.0 Å². The monoisotopic (exact) mass is 428 g/mol. The zero-order valence-corrected chi connectivity index (χ0v) is 17.9. The Morgan fingerprint density at radius 2 is 1.59 bits per heavy atom. The van der Waals surface area contributed by atoms with Gasteiger partial charge in [0.25, 0.3) is 15.9 Å². The zero-order valence-electron chi connectivity index (χ0n) is 16.3. The van der Waals surface area contributed by atoms with Crippen LogP contribution in [0.5, 0.6) is 0 Å². The van der Waals surface area contributed by atoms with Crippen LogP contribution in [0.25, 0.3) is 0 Å². The third-order valence-corrected chi connectivity index (χ3v) is 6.35. The Labute approximate surface area is 175 Å². The highest BCUT2D eigenvalue weighted by molar-refractivity contribution is 7.92. The molecule has 0 aromatic heterocycles. The largest absolute Gasteiger partial charge is 0.322 e. The van der Waals surface area contributed by atoms with E-state index in [4.69, 9.17) is 11.6 Å². The zero-order chi connectivity index (χ0) is 21.2. The summed E-state index contributed by atoms with van der Waals surface area (Å²) in [5.41, 5.74) is 4.09. The molecule has 0 heterocycles. The van der Waals surface area contributed by atoms with Gasteiger partial charge in [0.1, 0.15) is 4.90 Å². The number of carbonyl (C=O) groups is 1. The van der Waals surface area contributed by atoms with Crippen molar-refractivity contribution >= 4 is 38.9 Å². The van der Waals surface area contributed by atoms with E-state index in [1.807, 2.05) is 38.1 Å². The molecule has 150 valence electrons. The molecule has 2 N–H and O–H groups in total. The van der Waals surface area contributed by atoms with Crippen LogP contribution in [-0.4, -0.2) is 14.3 Å². The van der Waals surface area contributed by atoms with Crippen molar-refractivity contribution in [3.05, 3.63) is 87.9 Å². The predicted octanol–water partition coefficient (Wildman–Crippen LogP) is 5.32. The maximum atomic E-state index is 12.9. The van der Waals surface area contributed by atoms with Crippen molar-refractivity contribution in [2.75, 3.05) is 10.0 Å². The summed E-state index contributed by atoms with van der Waals surface area (Å²) < 4.78 is 28.3. The van der Waals surface area contributed by atoms with Gasteiger partial charge in [0, 0.05) is 11.3 Å². The molecule has 0 atom stereocenters. The molecule has 5 nitrogen and oxygen atoms in total. The number of nitrogens with one attached hydrogen (secondary N) is 2. The summed E-state index contributed by atoms with van der Waals surface area (Å²) in [6.07, 6.45) is 0. The first-order chi connectivity index (χ1) is 13.7. The number of anilines is 2. The number of amides is 1. The molecule has 0 unspecified atom stereocenters. The molecule has 29 heavy (non-hydrogen) atoms. The Balaban J connectivity index is 1.91. The minimum atomic E-state index is -3.97. The number of rotatable bonds is 5. The number of sulfonamides is 1. The van der Waals surface area contributed by atoms with E-state index in [1.165, 1.54) is 18.2 Å². The molecule has 0 spiro atoms.